The summed E-state index contributed by atoms with van der Waals surface area (Å²) in [5.41, 5.74) is -0.00643. The van der Waals surface area contributed by atoms with Gasteiger partial charge < -0.3 is 15.7 Å². The lowest BCUT2D eigenvalue weighted by Gasteiger charge is -2.11. The third kappa shape index (κ3) is 4.25. The third-order valence-corrected chi connectivity index (χ3v) is 6.08. The minimum Gasteiger partial charge on any atom is -0.478 e. The van der Waals surface area contributed by atoms with Crippen LogP contribution in [0.1, 0.15) is 30.4 Å². The van der Waals surface area contributed by atoms with Gasteiger partial charge in [0.15, 0.2) is 0 Å². The highest BCUT2D eigenvalue weighted by Crippen LogP contribution is 2.35. The fraction of sp³-hybridized carbons (Fsp3) is 0. The molecule has 0 bridgehead atoms. The van der Waals surface area contributed by atoms with Crippen LogP contribution in [0.25, 0.3) is 10.1 Å². The Bertz CT molecular complexity index is 1320. The van der Waals surface area contributed by atoms with Gasteiger partial charge in [-0.05, 0) is 36.4 Å². The van der Waals surface area contributed by atoms with Crippen LogP contribution in [0, 0.1) is 0 Å². The zero-order valence-electron chi connectivity index (χ0n) is 15.8. The molecular weight excluding hydrogens is 438 g/mol. The van der Waals surface area contributed by atoms with Crippen LogP contribution in [-0.4, -0.2) is 27.9 Å². The number of hydrogen-bond donors (Lipinski definition) is 3. The Morgan fingerprint density at radius 3 is 2.42 bits per heavy atom. The highest BCUT2D eigenvalue weighted by atomic mass is 35.5. The zero-order chi connectivity index (χ0) is 22.0. The van der Waals surface area contributed by atoms with Crippen LogP contribution in [0.5, 0.6) is 0 Å². The standard InChI is InChI=1S/C22H14ClN3O4S/c23-18-14-5-1-2-6-16(14)31-19(18)21(28)25-15-11-12(8-9-13(15)22(29)30)20(27)26-17-7-3-4-10-24-17/h1-11H,(H,25,28)(H,29,30)(H,24,26,27). The minimum atomic E-state index is -1.24. The number of hydrogen-bond acceptors (Lipinski definition) is 5. The molecule has 3 N–H and O–H groups in total. The van der Waals surface area contributed by atoms with E-state index in [0.29, 0.717) is 10.8 Å². The Labute approximate surface area is 185 Å². The predicted molar refractivity (Wildman–Crippen MR) is 120 cm³/mol. The molecule has 0 saturated carbocycles. The van der Waals surface area contributed by atoms with Crippen LogP contribution < -0.4 is 10.6 Å². The lowest BCUT2D eigenvalue weighted by molar-refractivity contribution is 0.0697. The quantitative estimate of drug-likeness (QED) is 0.388. The zero-order valence-corrected chi connectivity index (χ0v) is 17.3. The molecule has 2 aromatic heterocycles. The number of fused-ring (bicyclic) bond motifs is 1. The molecule has 0 unspecified atom stereocenters. The number of rotatable bonds is 5. The number of carboxylic acids is 1. The summed E-state index contributed by atoms with van der Waals surface area (Å²) >= 11 is 7.55. The highest BCUT2D eigenvalue weighted by Gasteiger charge is 2.21. The topological polar surface area (TPSA) is 108 Å². The Morgan fingerprint density at radius 1 is 0.935 bits per heavy atom. The molecule has 0 fully saturated rings. The number of halogens is 1. The van der Waals surface area contributed by atoms with Gasteiger partial charge in [0, 0.05) is 21.8 Å². The highest BCUT2D eigenvalue weighted by molar-refractivity contribution is 7.21. The summed E-state index contributed by atoms with van der Waals surface area (Å²) in [4.78, 5) is 41.3. The van der Waals surface area contributed by atoms with E-state index in [0.717, 1.165) is 10.1 Å². The van der Waals surface area contributed by atoms with E-state index in [1.807, 2.05) is 18.2 Å². The summed E-state index contributed by atoms with van der Waals surface area (Å²) in [7, 11) is 0. The number of thiophene rings is 1. The van der Waals surface area contributed by atoms with Crippen LogP contribution in [0.4, 0.5) is 11.5 Å². The molecule has 0 aliphatic carbocycles. The number of nitrogens with zero attached hydrogens (tertiary/aromatic N) is 1. The van der Waals surface area contributed by atoms with Crippen molar-refractivity contribution < 1.29 is 19.5 Å². The van der Waals surface area contributed by atoms with Gasteiger partial charge in [-0.3, -0.25) is 9.59 Å². The molecule has 154 valence electrons. The van der Waals surface area contributed by atoms with E-state index in [-0.39, 0.29) is 21.7 Å². The van der Waals surface area contributed by atoms with E-state index in [2.05, 4.69) is 15.6 Å². The van der Waals surface area contributed by atoms with Gasteiger partial charge in [0.05, 0.1) is 16.3 Å². The maximum Gasteiger partial charge on any atom is 0.337 e. The molecule has 9 heteroatoms. The van der Waals surface area contributed by atoms with E-state index in [1.165, 1.54) is 35.7 Å². The largest absolute Gasteiger partial charge is 0.478 e. The fourth-order valence-corrected chi connectivity index (χ4v) is 4.35. The molecule has 7 nitrogen and oxygen atoms in total. The first kappa shape index (κ1) is 20.5. The van der Waals surface area contributed by atoms with Crippen LogP contribution in [-0.2, 0) is 0 Å². The molecule has 0 aliphatic heterocycles. The van der Waals surface area contributed by atoms with E-state index < -0.39 is 17.8 Å². The van der Waals surface area contributed by atoms with Gasteiger partial charge in [-0.1, -0.05) is 35.9 Å². The van der Waals surface area contributed by atoms with Gasteiger partial charge >= 0.3 is 5.97 Å². The molecule has 0 saturated heterocycles. The maximum absolute atomic E-state index is 12.9. The van der Waals surface area contributed by atoms with Crippen molar-refractivity contribution in [1.29, 1.82) is 0 Å². The van der Waals surface area contributed by atoms with E-state index in [4.69, 9.17) is 11.6 Å². The number of amides is 2. The van der Waals surface area contributed by atoms with Crippen molar-refractivity contribution in [2.24, 2.45) is 0 Å². The Kier molecular flexibility index (Phi) is 5.66. The summed E-state index contributed by atoms with van der Waals surface area (Å²) in [6.45, 7) is 0. The molecule has 2 aromatic carbocycles. The number of aromatic carboxylic acids is 1. The summed E-state index contributed by atoms with van der Waals surface area (Å²) in [6.07, 6.45) is 1.53. The van der Waals surface area contributed by atoms with Gasteiger partial charge in [0.2, 0.25) is 0 Å². The lowest BCUT2D eigenvalue weighted by atomic mass is 10.1. The van der Waals surface area contributed by atoms with Gasteiger partial charge in [0.25, 0.3) is 11.8 Å². The molecule has 2 heterocycles. The second-order valence-corrected chi connectivity index (χ2v) is 7.86. The number of carboxylic acid groups (broad SMARTS) is 1. The van der Waals surface area contributed by atoms with Gasteiger partial charge in [0.1, 0.15) is 10.7 Å². The number of benzene rings is 2. The summed E-state index contributed by atoms with van der Waals surface area (Å²) in [5, 5.41) is 15.7. The smallest absolute Gasteiger partial charge is 0.337 e. The Morgan fingerprint density at radius 2 is 1.71 bits per heavy atom. The average molecular weight is 452 g/mol. The molecule has 0 atom stereocenters. The fourth-order valence-electron chi connectivity index (χ4n) is 2.94. The number of carbonyl (C=O) groups is 3. The van der Waals surface area contributed by atoms with E-state index >= 15 is 0 Å². The molecule has 0 radical (unpaired) electrons. The number of aromatic nitrogens is 1. The molecular formula is C22H14ClN3O4S. The summed E-state index contributed by atoms with van der Waals surface area (Å²) in [5.74, 6) is -1.95. The second kappa shape index (κ2) is 8.55. The molecule has 4 rings (SSSR count). The van der Waals surface area contributed by atoms with Crippen LogP contribution in [0.15, 0.2) is 66.9 Å². The molecule has 0 spiro atoms. The normalized spacial score (nSPS) is 10.6. The average Bonchev–Trinajstić information content (AvgIpc) is 3.11. The maximum atomic E-state index is 12.9. The van der Waals surface area contributed by atoms with Crippen LogP contribution in [0.2, 0.25) is 5.02 Å². The van der Waals surface area contributed by atoms with Crippen molar-refractivity contribution in [2.75, 3.05) is 10.6 Å². The molecule has 0 aliphatic rings. The van der Waals surface area contributed by atoms with E-state index in [9.17, 15) is 19.5 Å². The first-order valence-electron chi connectivity index (χ1n) is 9.02. The summed E-state index contributed by atoms with van der Waals surface area (Å²) in [6, 6.07) is 16.3. The number of carbonyl (C=O) groups excluding carboxylic acids is 2. The van der Waals surface area contributed by atoms with Crippen molar-refractivity contribution in [1.82, 2.24) is 4.98 Å². The van der Waals surface area contributed by atoms with E-state index in [1.54, 1.807) is 24.3 Å². The van der Waals surface area contributed by atoms with Gasteiger partial charge in [-0.25, -0.2) is 9.78 Å². The van der Waals surface area contributed by atoms with Crippen molar-refractivity contribution in [3.8, 4) is 0 Å². The van der Waals surface area contributed by atoms with Crippen LogP contribution in [0.3, 0.4) is 0 Å². The third-order valence-electron chi connectivity index (χ3n) is 4.41. The van der Waals surface area contributed by atoms with Crippen LogP contribution >= 0.6 is 22.9 Å². The lowest BCUT2D eigenvalue weighted by Crippen LogP contribution is -2.17. The Hall–Kier alpha value is -3.75. The van der Waals surface area contributed by atoms with Crippen molar-refractivity contribution in [3.05, 3.63) is 87.9 Å². The molecule has 2 amide bonds. The first-order valence-corrected chi connectivity index (χ1v) is 10.2. The van der Waals surface area contributed by atoms with Crippen molar-refractivity contribution in [3.63, 3.8) is 0 Å². The van der Waals surface area contributed by atoms with Gasteiger partial charge in [-0.15, -0.1) is 11.3 Å². The monoisotopic (exact) mass is 451 g/mol. The number of anilines is 2. The first-order chi connectivity index (χ1) is 14.9. The van der Waals surface area contributed by atoms with Crippen molar-refractivity contribution >= 4 is 62.3 Å². The Balaban J connectivity index is 1.65. The minimum absolute atomic E-state index is 0.0142. The SMILES string of the molecule is O=C(Nc1ccccn1)c1ccc(C(=O)O)c(NC(=O)c2sc3ccccc3c2Cl)c1. The predicted octanol–water partition coefficient (Wildman–Crippen LogP) is 5.15. The molecule has 4 aromatic rings. The number of pyridine rings is 1. The second-order valence-electron chi connectivity index (χ2n) is 6.43. The van der Waals surface area contributed by atoms with Gasteiger partial charge in [-0.2, -0.15) is 0 Å². The molecule has 31 heavy (non-hydrogen) atoms. The number of nitrogens with one attached hydrogen (secondary N) is 2. The van der Waals surface area contributed by atoms with Crippen molar-refractivity contribution in [2.45, 2.75) is 0 Å². The summed E-state index contributed by atoms with van der Waals surface area (Å²) < 4.78 is 0.833.